The average Bonchev–Trinajstić information content (AvgIpc) is 3.18. The summed E-state index contributed by atoms with van der Waals surface area (Å²) in [6.45, 7) is 3.88. The zero-order valence-electron chi connectivity index (χ0n) is 17.6. The van der Waals surface area contributed by atoms with Gasteiger partial charge >= 0.3 is 0 Å². The zero-order valence-corrected chi connectivity index (χ0v) is 17.6. The van der Waals surface area contributed by atoms with E-state index in [1.165, 1.54) is 12.1 Å². The van der Waals surface area contributed by atoms with Gasteiger partial charge in [-0.05, 0) is 61.9 Å². The van der Waals surface area contributed by atoms with Crippen LogP contribution < -0.4 is 10.1 Å². The topological polar surface area (TPSA) is 90.1 Å². The van der Waals surface area contributed by atoms with Gasteiger partial charge in [-0.1, -0.05) is 17.3 Å². The quantitative estimate of drug-likeness (QED) is 0.446. The Balaban J connectivity index is 1.61. The van der Waals surface area contributed by atoms with E-state index >= 15 is 0 Å². The van der Waals surface area contributed by atoms with Crippen molar-refractivity contribution in [3.8, 4) is 28.4 Å². The van der Waals surface area contributed by atoms with Crippen molar-refractivity contribution in [3.05, 3.63) is 78.4 Å². The van der Waals surface area contributed by atoms with E-state index in [1.807, 2.05) is 38.1 Å². The van der Waals surface area contributed by atoms with Gasteiger partial charge in [0.05, 0.1) is 12.5 Å². The van der Waals surface area contributed by atoms with E-state index in [0.717, 1.165) is 5.56 Å². The molecule has 0 saturated heterocycles. The van der Waals surface area contributed by atoms with E-state index in [0.29, 0.717) is 28.4 Å². The number of carbonyl (C=O) groups is 1. The maximum atomic E-state index is 13.4. The number of carbonyl (C=O) groups excluding carboxylic acids is 1. The van der Waals surface area contributed by atoms with Crippen LogP contribution in [0.25, 0.3) is 22.6 Å². The fourth-order valence-electron chi connectivity index (χ4n) is 3.17. The number of amides is 1. The van der Waals surface area contributed by atoms with Crippen LogP contribution in [0.15, 0.2) is 71.5 Å². The lowest BCUT2D eigenvalue weighted by Gasteiger charge is -2.11. The van der Waals surface area contributed by atoms with Crippen LogP contribution in [-0.2, 0) is 11.2 Å². The van der Waals surface area contributed by atoms with Crippen molar-refractivity contribution >= 4 is 11.8 Å². The molecule has 0 bridgehead atoms. The summed E-state index contributed by atoms with van der Waals surface area (Å²) in [5.41, 5.74) is 2.22. The molecule has 0 radical (unpaired) electrons. The molecule has 2 heterocycles. The molecule has 32 heavy (non-hydrogen) atoms. The van der Waals surface area contributed by atoms with Gasteiger partial charge in [-0.25, -0.2) is 14.4 Å². The van der Waals surface area contributed by atoms with E-state index < -0.39 is 0 Å². The maximum Gasteiger partial charge on any atom is 0.243 e. The zero-order chi connectivity index (χ0) is 22.5. The number of rotatable bonds is 7. The molecule has 2 aromatic heterocycles. The van der Waals surface area contributed by atoms with Crippen LogP contribution in [0.2, 0.25) is 0 Å². The molecule has 0 saturated carbocycles. The third-order valence-corrected chi connectivity index (χ3v) is 4.49. The van der Waals surface area contributed by atoms with Crippen LogP contribution in [0.3, 0.4) is 0 Å². The van der Waals surface area contributed by atoms with Gasteiger partial charge < -0.3 is 9.26 Å². The summed E-state index contributed by atoms with van der Waals surface area (Å²) in [4.78, 5) is 21.3. The largest absolute Gasteiger partial charge is 0.491 e. The lowest BCUT2D eigenvalue weighted by Crippen LogP contribution is -2.15. The first-order valence-electron chi connectivity index (χ1n) is 10.1. The minimum Gasteiger partial charge on any atom is -0.491 e. The number of nitrogens with one attached hydrogen (secondary N) is 1. The Bertz CT molecular complexity index is 1210. The van der Waals surface area contributed by atoms with Crippen LogP contribution in [0.4, 0.5) is 10.3 Å². The summed E-state index contributed by atoms with van der Waals surface area (Å²) in [6.07, 6.45) is 3.30. The first-order chi connectivity index (χ1) is 15.5. The summed E-state index contributed by atoms with van der Waals surface area (Å²) in [7, 11) is 0. The number of halogens is 1. The molecule has 0 aliphatic carbocycles. The molecule has 4 aromatic rings. The smallest absolute Gasteiger partial charge is 0.243 e. The number of benzene rings is 2. The highest BCUT2D eigenvalue weighted by atomic mass is 19.1. The molecule has 0 aliphatic heterocycles. The molecule has 0 fully saturated rings. The minimum atomic E-state index is -0.369. The van der Waals surface area contributed by atoms with Gasteiger partial charge in [0.25, 0.3) is 0 Å². The molecule has 8 heteroatoms. The van der Waals surface area contributed by atoms with E-state index in [-0.39, 0.29) is 30.1 Å². The summed E-state index contributed by atoms with van der Waals surface area (Å²) < 4.78 is 24.5. The summed E-state index contributed by atoms with van der Waals surface area (Å²) in [5.74, 6) is 0.477. The Kier molecular flexibility index (Phi) is 6.21. The molecule has 0 spiro atoms. The Hall–Kier alpha value is -4.07. The number of nitrogens with zero attached hydrogens (tertiary/aromatic N) is 3. The number of hydrogen-bond acceptors (Lipinski definition) is 6. The van der Waals surface area contributed by atoms with Gasteiger partial charge in [0.1, 0.15) is 22.8 Å². The second-order valence-electron chi connectivity index (χ2n) is 7.35. The van der Waals surface area contributed by atoms with Gasteiger partial charge in [-0.2, -0.15) is 0 Å². The van der Waals surface area contributed by atoms with Crippen molar-refractivity contribution in [3.63, 3.8) is 0 Å². The molecule has 0 unspecified atom stereocenters. The Morgan fingerprint density at radius 1 is 1.09 bits per heavy atom. The van der Waals surface area contributed by atoms with Gasteiger partial charge in [0.15, 0.2) is 5.82 Å². The monoisotopic (exact) mass is 432 g/mol. The predicted molar refractivity (Wildman–Crippen MR) is 117 cm³/mol. The predicted octanol–water partition coefficient (Wildman–Crippen LogP) is 4.91. The molecule has 0 atom stereocenters. The summed E-state index contributed by atoms with van der Waals surface area (Å²) >= 11 is 0. The normalized spacial score (nSPS) is 10.9. The van der Waals surface area contributed by atoms with Crippen molar-refractivity contribution in [2.24, 2.45) is 0 Å². The van der Waals surface area contributed by atoms with Crippen molar-refractivity contribution in [1.29, 1.82) is 0 Å². The van der Waals surface area contributed by atoms with E-state index in [2.05, 4.69) is 20.4 Å². The summed E-state index contributed by atoms with van der Waals surface area (Å²) in [6, 6.07) is 14.8. The van der Waals surface area contributed by atoms with Gasteiger partial charge in [-0.15, -0.1) is 0 Å². The Morgan fingerprint density at radius 2 is 1.84 bits per heavy atom. The second kappa shape index (κ2) is 9.38. The summed E-state index contributed by atoms with van der Waals surface area (Å²) in [5, 5.41) is 6.84. The van der Waals surface area contributed by atoms with E-state index in [4.69, 9.17) is 9.26 Å². The number of anilines is 1. The molecule has 4 rings (SSSR count). The van der Waals surface area contributed by atoms with Crippen molar-refractivity contribution in [2.75, 3.05) is 5.32 Å². The fraction of sp³-hybridized carbons (Fsp3) is 0.167. The van der Waals surface area contributed by atoms with E-state index in [9.17, 15) is 9.18 Å². The molecule has 0 aliphatic rings. The maximum absolute atomic E-state index is 13.4. The number of hydrogen-bond donors (Lipinski definition) is 1. The van der Waals surface area contributed by atoms with Crippen LogP contribution in [0.1, 0.15) is 19.4 Å². The van der Waals surface area contributed by atoms with Crippen LogP contribution in [-0.4, -0.2) is 27.1 Å². The molecule has 2 aromatic carbocycles. The second-order valence-corrected chi connectivity index (χ2v) is 7.35. The van der Waals surface area contributed by atoms with E-state index in [1.54, 1.807) is 30.6 Å². The molecule has 1 amide bonds. The lowest BCUT2D eigenvalue weighted by molar-refractivity contribution is -0.115. The number of aromatic nitrogens is 3. The first kappa shape index (κ1) is 21.2. The van der Waals surface area contributed by atoms with Crippen molar-refractivity contribution < 1.29 is 18.4 Å². The van der Waals surface area contributed by atoms with Crippen LogP contribution in [0.5, 0.6) is 5.75 Å². The van der Waals surface area contributed by atoms with Crippen LogP contribution >= 0.6 is 0 Å². The van der Waals surface area contributed by atoms with Crippen molar-refractivity contribution in [1.82, 2.24) is 15.1 Å². The molecule has 1 N–H and O–H groups in total. The third-order valence-electron chi connectivity index (χ3n) is 4.49. The fourth-order valence-corrected chi connectivity index (χ4v) is 3.17. The van der Waals surface area contributed by atoms with Gasteiger partial charge in [0.2, 0.25) is 11.8 Å². The minimum absolute atomic E-state index is 0.0339. The molecular weight excluding hydrogens is 411 g/mol. The number of ether oxygens (including phenoxy) is 1. The Morgan fingerprint density at radius 3 is 2.56 bits per heavy atom. The Labute approximate surface area is 184 Å². The average molecular weight is 432 g/mol. The first-order valence-corrected chi connectivity index (χ1v) is 10.1. The molecule has 7 nitrogen and oxygen atoms in total. The van der Waals surface area contributed by atoms with Gasteiger partial charge in [-0.3, -0.25) is 10.1 Å². The van der Waals surface area contributed by atoms with Crippen LogP contribution in [0, 0.1) is 5.82 Å². The standard InChI is InChI=1S/C24H21FN4O3/c1-15(2)31-19-6-3-5-16(13-19)14-20(30)28-24-21(23-26-11-4-12-27-23)22(29-32-24)17-7-9-18(25)10-8-17/h3-13,15H,14H2,1-2H3,(H,28,30). The molecular formula is C24H21FN4O3. The third kappa shape index (κ3) is 4.97. The van der Waals surface area contributed by atoms with Gasteiger partial charge in [0, 0.05) is 18.0 Å². The lowest BCUT2D eigenvalue weighted by atomic mass is 10.1. The highest BCUT2D eigenvalue weighted by Gasteiger charge is 2.23. The highest BCUT2D eigenvalue weighted by molar-refractivity contribution is 5.96. The molecule has 162 valence electrons. The SMILES string of the molecule is CC(C)Oc1cccc(CC(=O)Nc2onc(-c3ccc(F)cc3)c2-c2ncccn2)c1. The van der Waals surface area contributed by atoms with Crippen molar-refractivity contribution in [2.45, 2.75) is 26.4 Å². The highest BCUT2D eigenvalue weighted by Crippen LogP contribution is 2.36.